The molecule has 0 heterocycles. The molecule has 0 fully saturated rings. The number of methoxy groups -OCH3 is 2. The van der Waals surface area contributed by atoms with E-state index in [4.69, 9.17) is 21.1 Å². The second-order valence-electron chi connectivity index (χ2n) is 2.91. The van der Waals surface area contributed by atoms with Gasteiger partial charge in [0, 0.05) is 12.1 Å². The highest BCUT2D eigenvalue weighted by molar-refractivity contribution is 6.31. The molecule has 0 aliphatic heterocycles. The van der Waals surface area contributed by atoms with Crippen molar-refractivity contribution >= 4 is 17.3 Å². The Kier molecular flexibility index (Phi) is 4.04. The number of nitrogens with one attached hydrogen (secondary N) is 1. The lowest BCUT2D eigenvalue weighted by atomic mass is 10.2. The number of hydrogen-bond donors (Lipinski definition) is 1. The molecule has 0 atom stereocenters. The van der Waals surface area contributed by atoms with Gasteiger partial charge in [0.2, 0.25) is 0 Å². The van der Waals surface area contributed by atoms with Gasteiger partial charge in [-0.15, -0.1) is 0 Å². The Morgan fingerprint density at radius 2 is 2.07 bits per heavy atom. The van der Waals surface area contributed by atoms with E-state index < -0.39 is 0 Å². The molecule has 1 aromatic rings. The normalized spacial score (nSPS) is 10.0. The minimum absolute atomic E-state index is 0.426. The summed E-state index contributed by atoms with van der Waals surface area (Å²) in [5, 5.41) is 3.76. The fraction of sp³-hybridized carbons (Fsp3) is 0.400. The average Bonchev–Trinajstić information content (AvgIpc) is 2.19. The predicted octanol–water partition coefficient (Wildman–Crippen LogP) is 2.67. The van der Waals surface area contributed by atoms with Crippen molar-refractivity contribution in [3.63, 3.8) is 0 Å². The third-order valence-electron chi connectivity index (χ3n) is 1.89. The Bertz CT molecular complexity index is 315. The van der Waals surface area contributed by atoms with Gasteiger partial charge < -0.3 is 14.8 Å². The Hall–Kier alpha value is -0.930. The molecular weight excluding hydrogens is 202 g/mol. The van der Waals surface area contributed by atoms with Gasteiger partial charge in [-0.3, -0.25) is 0 Å². The summed E-state index contributed by atoms with van der Waals surface area (Å²) in [6.45, 7) is 2.36. The summed E-state index contributed by atoms with van der Waals surface area (Å²) in [5.74, 6) is 0.768. The molecule has 3 nitrogen and oxygen atoms in total. The minimum Gasteiger partial charge on any atom is -0.495 e. The molecule has 0 saturated carbocycles. The first-order valence-electron chi connectivity index (χ1n) is 4.26. The highest BCUT2D eigenvalue weighted by Crippen LogP contribution is 2.30. The van der Waals surface area contributed by atoms with Crippen molar-refractivity contribution < 1.29 is 9.47 Å². The standard InChI is InChI=1S/C10H14ClNO2/c1-7-4-10(14-3)9(5-8(7)11)12-6-13-2/h4-5,12H,6H2,1-3H3. The first kappa shape index (κ1) is 11.1. The molecule has 0 bridgehead atoms. The number of hydrogen-bond acceptors (Lipinski definition) is 3. The van der Waals surface area contributed by atoms with Crippen LogP contribution in [0.3, 0.4) is 0 Å². The zero-order chi connectivity index (χ0) is 10.6. The van der Waals surface area contributed by atoms with Crippen molar-refractivity contribution in [1.82, 2.24) is 0 Å². The summed E-state index contributed by atoms with van der Waals surface area (Å²) in [6.07, 6.45) is 0. The van der Waals surface area contributed by atoms with Crippen LogP contribution in [0.2, 0.25) is 5.02 Å². The van der Waals surface area contributed by atoms with Crippen LogP contribution in [-0.2, 0) is 4.74 Å². The third kappa shape index (κ3) is 2.53. The van der Waals surface area contributed by atoms with Gasteiger partial charge in [-0.25, -0.2) is 0 Å². The number of aryl methyl sites for hydroxylation is 1. The van der Waals surface area contributed by atoms with Crippen LogP contribution in [0, 0.1) is 6.92 Å². The molecule has 0 aliphatic rings. The zero-order valence-electron chi connectivity index (χ0n) is 8.56. The quantitative estimate of drug-likeness (QED) is 0.784. The lowest BCUT2D eigenvalue weighted by Gasteiger charge is -2.12. The third-order valence-corrected chi connectivity index (χ3v) is 2.29. The van der Waals surface area contributed by atoms with E-state index in [0.29, 0.717) is 11.8 Å². The van der Waals surface area contributed by atoms with Crippen molar-refractivity contribution in [1.29, 1.82) is 0 Å². The summed E-state index contributed by atoms with van der Waals surface area (Å²) < 4.78 is 10.1. The molecule has 0 amide bonds. The van der Waals surface area contributed by atoms with Gasteiger partial charge in [-0.2, -0.15) is 0 Å². The highest BCUT2D eigenvalue weighted by Gasteiger charge is 2.05. The summed E-state index contributed by atoms with van der Waals surface area (Å²) in [4.78, 5) is 0. The summed E-state index contributed by atoms with van der Waals surface area (Å²) in [7, 11) is 3.25. The Balaban J connectivity index is 2.95. The summed E-state index contributed by atoms with van der Waals surface area (Å²) in [5.41, 5.74) is 1.83. The van der Waals surface area contributed by atoms with Gasteiger partial charge in [0.1, 0.15) is 12.5 Å². The van der Waals surface area contributed by atoms with Crippen LogP contribution < -0.4 is 10.1 Å². The van der Waals surface area contributed by atoms with Crippen LogP contribution in [0.15, 0.2) is 12.1 Å². The van der Waals surface area contributed by atoms with Crippen molar-refractivity contribution in [3.8, 4) is 5.75 Å². The highest BCUT2D eigenvalue weighted by atomic mass is 35.5. The molecule has 4 heteroatoms. The number of halogens is 1. The number of rotatable bonds is 4. The summed E-state index contributed by atoms with van der Waals surface area (Å²) in [6, 6.07) is 3.72. The van der Waals surface area contributed by atoms with Gasteiger partial charge in [0.15, 0.2) is 0 Å². The average molecular weight is 216 g/mol. The van der Waals surface area contributed by atoms with Crippen molar-refractivity contribution in [2.45, 2.75) is 6.92 Å². The fourth-order valence-corrected chi connectivity index (χ4v) is 1.28. The number of ether oxygens (including phenoxy) is 2. The topological polar surface area (TPSA) is 30.5 Å². The predicted molar refractivity (Wildman–Crippen MR) is 58.2 cm³/mol. The van der Waals surface area contributed by atoms with Gasteiger partial charge >= 0.3 is 0 Å². The molecule has 0 radical (unpaired) electrons. The maximum Gasteiger partial charge on any atom is 0.142 e. The zero-order valence-corrected chi connectivity index (χ0v) is 9.31. The monoisotopic (exact) mass is 215 g/mol. The van der Waals surface area contributed by atoms with Crippen molar-refractivity contribution in [2.24, 2.45) is 0 Å². The first-order valence-corrected chi connectivity index (χ1v) is 4.63. The Morgan fingerprint density at radius 3 is 2.64 bits per heavy atom. The van der Waals surface area contributed by atoms with Crippen LogP contribution in [0.5, 0.6) is 5.75 Å². The van der Waals surface area contributed by atoms with Crippen LogP contribution in [0.25, 0.3) is 0 Å². The molecule has 78 valence electrons. The molecule has 1 rings (SSSR count). The van der Waals surface area contributed by atoms with Gasteiger partial charge in [-0.05, 0) is 24.6 Å². The van der Waals surface area contributed by atoms with Gasteiger partial charge in [0.05, 0.1) is 12.8 Å². The molecule has 0 aliphatic carbocycles. The lowest BCUT2D eigenvalue weighted by molar-refractivity contribution is 0.221. The van der Waals surface area contributed by atoms with Gasteiger partial charge in [0.25, 0.3) is 0 Å². The maximum absolute atomic E-state index is 5.99. The summed E-state index contributed by atoms with van der Waals surface area (Å²) >= 11 is 5.99. The van der Waals surface area contributed by atoms with E-state index in [1.807, 2.05) is 19.1 Å². The smallest absolute Gasteiger partial charge is 0.142 e. The van der Waals surface area contributed by atoms with Crippen LogP contribution >= 0.6 is 11.6 Å². The Labute approximate surface area is 89.0 Å². The molecule has 1 aromatic carbocycles. The second-order valence-corrected chi connectivity index (χ2v) is 3.32. The van der Waals surface area contributed by atoms with Gasteiger partial charge in [-0.1, -0.05) is 11.6 Å². The molecule has 0 saturated heterocycles. The second kappa shape index (κ2) is 5.08. The van der Waals surface area contributed by atoms with Crippen LogP contribution in [0.4, 0.5) is 5.69 Å². The largest absolute Gasteiger partial charge is 0.495 e. The van der Waals surface area contributed by atoms with Crippen LogP contribution in [-0.4, -0.2) is 21.0 Å². The number of benzene rings is 1. The van der Waals surface area contributed by atoms with Crippen LogP contribution in [0.1, 0.15) is 5.56 Å². The SMILES string of the molecule is COCNc1cc(Cl)c(C)cc1OC. The minimum atomic E-state index is 0.426. The van der Waals surface area contributed by atoms with E-state index in [1.54, 1.807) is 14.2 Å². The van der Waals surface area contributed by atoms with E-state index >= 15 is 0 Å². The maximum atomic E-state index is 5.99. The molecule has 0 aromatic heterocycles. The first-order chi connectivity index (χ1) is 6.69. The van der Waals surface area contributed by atoms with E-state index in [2.05, 4.69) is 5.32 Å². The fourth-order valence-electron chi connectivity index (χ4n) is 1.11. The molecule has 14 heavy (non-hydrogen) atoms. The molecule has 0 unspecified atom stereocenters. The lowest BCUT2D eigenvalue weighted by Crippen LogP contribution is -2.04. The van der Waals surface area contributed by atoms with E-state index in [1.165, 1.54) is 0 Å². The van der Waals surface area contributed by atoms with E-state index in [0.717, 1.165) is 17.0 Å². The van der Waals surface area contributed by atoms with E-state index in [9.17, 15) is 0 Å². The Morgan fingerprint density at radius 1 is 1.36 bits per heavy atom. The van der Waals surface area contributed by atoms with E-state index in [-0.39, 0.29) is 0 Å². The van der Waals surface area contributed by atoms with Crippen molar-refractivity contribution in [2.75, 3.05) is 26.3 Å². The van der Waals surface area contributed by atoms with Crippen molar-refractivity contribution in [3.05, 3.63) is 22.7 Å². The molecule has 0 spiro atoms. The molecular formula is C10H14ClNO2. The number of anilines is 1. The molecule has 1 N–H and O–H groups in total.